The second-order valence-corrected chi connectivity index (χ2v) is 5.41. The molecule has 2 aromatic carbocycles. The molecule has 1 aromatic heterocycles. The smallest absolute Gasteiger partial charge is 0.257 e. The summed E-state index contributed by atoms with van der Waals surface area (Å²) in [5, 5.41) is 3.91. The molecule has 0 aliphatic rings. The summed E-state index contributed by atoms with van der Waals surface area (Å²) in [5.74, 6) is 0.629. The van der Waals surface area contributed by atoms with Crippen molar-refractivity contribution in [2.24, 2.45) is 0 Å². The average molecular weight is 348 g/mol. The van der Waals surface area contributed by atoms with E-state index in [1.54, 1.807) is 18.2 Å². The summed E-state index contributed by atoms with van der Waals surface area (Å²) in [5.41, 5.74) is 7.94. The lowest BCUT2D eigenvalue weighted by Gasteiger charge is -1.99. The second-order valence-electron chi connectivity index (χ2n) is 4.56. The highest BCUT2D eigenvalue weighted by Crippen LogP contribution is 2.26. The van der Waals surface area contributed by atoms with Crippen LogP contribution in [0.15, 0.2) is 51.5 Å². The van der Waals surface area contributed by atoms with Gasteiger partial charge in [0, 0.05) is 22.1 Å². The summed E-state index contributed by atoms with van der Waals surface area (Å²) >= 11 is 3.36. The summed E-state index contributed by atoms with van der Waals surface area (Å²) in [6.45, 7) is 0. The van der Waals surface area contributed by atoms with Crippen LogP contribution in [0.5, 0.6) is 0 Å². The normalized spacial score (nSPS) is 10.8. The summed E-state index contributed by atoms with van der Waals surface area (Å²) < 4.78 is 19.1. The highest BCUT2D eigenvalue weighted by atomic mass is 79.9. The van der Waals surface area contributed by atoms with Gasteiger partial charge in [-0.1, -0.05) is 17.3 Å². The van der Waals surface area contributed by atoms with E-state index in [0.29, 0.717) is 23.8 Å². The fraction of sp³-hybridized carbons (Fsp3) is 0.0667. The molecule has 0 spiro atoms. The van der Waals surface area contributed by atoms with E-state index in [1.165, 1.54) is 12.1 Å². The molecular formula is C15H11BrFN3O. The van der Waals surface area contributed by atoms with Gasteiger partial charge in [-0.05, 0) is 51.8 Å². The van der Waals surface area contributed by atoms with Gasteiger partial charge in [-0.15, -0.1) is 0 Å². The highest BCUT2D eigenvalue weighted by molar-refractivity contribution is 9.10. The Balaban J connectivity index is 1.84. The molecule has 1 heterocycles. The van der Waals surface area contributed by atoms with Gasteiger partial charge in [0.05, 0.1) is 0 Å². The average Bonchev–Trinajstić information content (AvgIpc) is 2.90. The van der Waals surface area contributed by atoms with Gasteiger partial charge in [0.2, 0.25) is 0 Å². The third-order valence-electron chi connectivity index (χ3n) is 2.97. The Morgan fingerprint density at radius 2 is 2.05 bits per heavy atom. The third kappa shape index (κ3) is 3.11. The van der Waals surface area contributed by atoms with E-state index < -0.39 is 0 Å². The summed E-state index contributed by atoms with van der Waals surface area (Å²) in [6.07, 6.45) is 0.414. The first-order valence-corrected chi connectivity index (χ1v) is 7.03. The first-order valence-electron chi connectivity index (χ1n) is 6.24. The highest BCUT2D eigenvalue weighted by Gasteiger charge is 2.11. The van der Waals surface area contributed by atoms with Crippen molar-refractivity contribution in [2.45, 2.75) is 6.42 Å². The van der Waals surface area contributed by atoms with Crippen LogP contribution in [0.3, 0.4) is 0 Å². The SMILES string of the molecule is Nc1ccc(-c2nc(Cc3cccc(F)c3)no2)cc1Br. The summed E-state index contributed by atoms with van der Waals surface area (Å²) in [4.78, 5) is 4.31. The monoisotopic (exact) mass is 347 g/mol. The molecule has 0 aliphatic carbocycles. The van der Waals surface area contributed by atoms with Crippen molar-refractivity contribution < 1.29 is 8.91 Å². The number of aromatic nitrogens is 2. The van der Waals surface area contributed by atoms with Crippen LogP contribution in [0.25, 0.3) is 11.5 Å². The van der Waals surface area contributed by atoms with Crippen LogP contribution in [-0.4, -0.2) is 10.1 Å². The molecule has 3 aromatic rings. The van der Waals surface area contributed by atoms with E-state index in [1.807, 2.05) is 12.1 Å². The topological polar surface area (TPSA) is 64.9 Å². The van der Waals surface area contributed by atoms with Crippen LogP contribution >= 0.6 is 15.9 Å². The zero-order valence-corrected chi connectivity index (χ0v) is 12.5. The van der Waals surface area contributed by atoms with Crippen LogP contribution in [0, 0.1) is 5.82 Å². The van der Waals surface area contributed by atoms with Crippen LogP contribution in [0.2, 0.25) is 0 Å². The molecule has 3 rings (SSSR count). The minimum absolute atomic E-state index is 0.279. The Morgan fingerprint density at radius 3 is 2.81 bits per heavy atom. The quantitative estimate of drug-likeness (QED) is 0.731. The minimum atomic E-state index is -0.279. The molecule has 0 saturated carbocycles. The Kier molecular flexibility index (Phi) is 3.70. The molecule has 0 bridgehead atoms. The Bertz CT molecular complexity index is 788. The van der Waals surface area contributed by atoms with Gasteiger partial charge in [0.15, 0.2) is 5.82 Å². The number of benzene rings is 2. The number of anilines is 1. The van der Waals surface area contributed by atoms with E-state index >= 15 is 0 Å². The van der Waals surface area contributed by atoms with Gasteiger partial charge >= 0.3 is 0 Å². The van der Waals surface area contributed by atoms with Crippen LogP contribution in [-0.2, 0) is 6.42 Å². The van der Waals surface area contributed by atoms with Gasteiger partial charge in [-0.2, -0.15) is 4.98 Å². The second kappa shape index (κ2) is 5.65. The minimum Gasteiger partial charge on any atom is -0.398 e. The van der Waals surface area contributed by atoms with Crippen LogP contribution < -0.4 is 5.73 Å². The molecule has 106 valence electrons. The molecule has 0 aliphatic heterocycles. The van der Waals surface area contributed by atoms with Crippen molar-refractivity contribution in [2.75, 3.05) is 5.73 Å². The Morgan fingerprint density at radius 1 is 1.19 bits per heavy atom. The summed E-state index contributed by atoms with van der Waals surface area (Å²) in [6, 6.07) is 11.7. The predicted molar refractivity (Wildman–Crippen MR) is 81.1 cm³/mol. The van der Waals surface area contributed by atoms with Gasteiger partial charge in [-0.3, -0.25) is 0 Å². The number of halogens is 2. The van der Waals surface area contributed by atoms with Gasteiger partial charge < -0.3 is 10.3 Å². The predicted octanol–water partition coefficient (Wildman–Crippen LogP) is 3.81. The van der Waals surface area contributed by atoms with Crippen molar-refractivity contribution >= 4 is 21.6 Å². The lowest BCUT2D eigenvalue weighted by Crippen LogP contribution is -1.91. The standard InChI is InChI=1S/C15H11BrFN3O/c16-12-8-10(4-5-13(12)18)15-19-14(20-21-15)7-9-2-1-3-11(17)6-9/h1-6,8H,7,18H2. The van der Waals surface area contributed by atoms with Gasteiger partial charge in [0.25, 0.3) is 5.89 Å². The number of rotatable bonds is 3. The van der Waals surface area contributed by atoms with Crippen molar-refractivity contribution in [3.8, 4) is 11.5 Å². The van der Waals surface area contributed by atoms with E-state index in [9.17, 15) is 4.39 Å². The van der Waals surface area contributed by atoms with Crippen molar-refractivity contribution in [1.82, 2.24) is 10.1 Å². The molecule has 4 nitrogen and oxygen atoms in total. The Hall–Kier alpha value is -2.21. The number of nitrogens with two attached hydrogens (primary N) is 1. The molecule has 0 radical (unpaired) electrons. The molecule has 21 heavy (non-hydrogen) atoms. The summed E-state index contributed by atoms with van der Waals surface area (Å²) in [7, 11) is 0. The zero-order valence-electron chi connectivity index (χ0n) is 10.9. The van der Waals surface area contributed by atoms with Crippen LogP contribution in [0.4, 0.5) is 10.1 Å². The molecular weight excluding hydrogens is 337 g/mol. The number of hydrogen-bond acceptors (Lipinski definition) is 4. The maximum atomic E-state index is 13.1. The molecule has 0 atom stereocenters. The van der Waals surface area contributed by atoms with Crippen molar-refractivity contribution in [1.29, 1.82) is 0 Å². The van der Waals surface area contributed by atoms with Crippen LogP contribution in [0.1, 0.15) is 11.4 Å². The van der Waals surface area contributed by atoms with Crippen molar-refractivity contribution in [3.05, 3.63) is 64.1 Å². The van der Waals surface area contributed by atoms with E-state index in [2.05, 4.69) is 26.1 Å². The molecule has 0 unspecified atom stereocenters. The number of nitrogen functional groups attached to an aromatic ring is 1. The van der Waals surface area contributed by atoms with Gasteiger partial charge in [0.1, 0.15) is 5.82 Å². The Labute approximate surface area is 128 Å². The molecule has 2 N–H and O–H groups in total. The maximum Gasteiger partial charge on any atom is 0.257 e. The van der Waals surface area contributed by atoms with Gasteiger partial charge in [-0.25, -0.2) is 4.39 Å². The molecule has 0 saturated heterocycles. The molecule has 6 heteroatoms. The zero-order chi connectivity index (χ0) is 14.8. The van der Waals surface area contributed by atoms with Crippen molar-refractivity contribution in [3.63, 3.8) is 0 Å². The van der Waals surface area contributed by atoms with E-state index in [4.69, 9.17) is 10.3 Å². The molecule has 0 fully saturated rings. The maximum absolute atomic E-state index is 13.1. The largest absolute Gasteiger partial charge is 0.398 e. The lowest BCUT2D eigenvalue weighted by molar-refractivity contribution is 0.424. The fourth-order valence-electron chi connectivity index (χ4n) is 1.93. The first kappa shape index (κ1) is 13.8. The first-order chi connectivity index (χ1) is 10.1. The van der Waals surface area contributed by atoms with E-state index in [0.717, 1.165) is 15.6 Å². The third-order valence-corrected chi connectivity index (χ3v) is 3.65. The van der Waals surface area contributed by atoms with E-state index in [-0.39, 0.29) is 5.82 Å². The number of nitrogens with zero attached hydrogens (tertiary/aromatic N) is 2. The fourth-order valence-corrected chi connectivity index (χ4v) is 2.31. The molecule has 0 amide bonds. The lowest BCUT2D eigenvalue weighted by atomic mass is 10.1. The number of hydrogen-bond donors (Lipinski definition) is 1.